The van der Waals surface area contributed by atoms with Gasteiger partial charge in [0, 0.05) is 19.2 Å². The number of nitrogens with zero attached hydrogens (tertiary/aromatic N) is 2. The van der Waals surface area contributed by atoms with Gasteiger partial charge in [-0.1, -0.05) is 26.3 Å². The van der Waals surface area contributed by atoms with E-state index in [0.29, 0.717) is 23.7 Å². The second kappa shape index (κ2) is 9.15. The Morgan fingerprint density at radius 1 is 1.08 bits per heavy atom. The molecule has 5 heteroatoms. The molecule has 196 valence electrons. The molecule has 4 aliphatic rings. The number of ketones is 1. The van der Waals surface area contributed by atoms with Gasteiger partial charge in [0.15, 0.2) is 5.78 Å². The SMILES string of the molecule is COCC12CCC(C)CC1CCC1C2CCC2(C)C1CC[C@@H]2C(=O)Cn1cc2c(OC)cccc2n1. The normalized spacial score (nSPS) is 39.9. The standard InChI is InChI=1S/C31H44N2O3/c1-20-12-15-31(19-35-3)21(16-20)8-9-22-24-10-11-26(30(24,2)14-13-25(22)31)28(34)18-33-17-23-27(32-33)6-5-7-29(23)36-4/h5-7,17,20-22,24-26H,8-16,18-19H2,1-4H3/t20?,21?,22?,24?,25?,26-,30?,31?/m1/s1. The predicted molar refractivity (Wildman–Crippen MR) is 142 cm³/mol. The van der Waals surface area contributed by atoms with Crippen LogP contribution in [-0.4, -0.2) is 36.4 Å². The van der Waals surface area contributed by atoms with Gasteiger partial charge >= 0.3 is 0 Å². The molecule has 4 aliphatic carbocycles. The lowest BCUT2D eigenvalue weighted by Gasteiger charge is -2.61. The minimum absolute atomic E-state index is 0.131. The number of aromatic nitrogens is 2. The highest BCUT2D eigenvalue weighted by Gasteiger charge is 2.62. The summed E-state index contributed by atoms with van der Waals surface area (Å²) in [5.41, 5.74) is 1.40. The molecule has 0 N–H and O–H groups in total. The first-order valence-electron chi connectivity index (χ1n) is 14.4. The van der Waals surface area contributed by atoms with Gasteiger partial charge in [-0.15, -0.1) is 0 Å². The number of benzene rings is 1. The highest BCUT2D eigenvalue weighted by molar-refractivity contribution is 5.86. The van der Waals surface area contributed by atoms with Gasteiger partial charge in [0.1, 0.15) is 5.75 Å². The van der Waals surface area contributed by atoms with Gasteiger partial charge in [-0.2, -0.15) is 5.10 Å². The zero-order chi connectivity index (χ0) is 25.1. The monoisotopic (exact) mass is 492 g/mol. The lowest BCUT2D eigenvalue weighted by Crippen LogP contribution is -2.56. The van der Waals surface area contributed by atoms with E-state index >= 15 is 0 Å². The molecule has 0 radical (unpaired) electrons. The molecule has 0 saturated heterocycles. The first kappa shape index (κ1) is 24.5. The molecule has 4 fully saturated rings. The minimum atomic E-state index is 0.131. The van der Waals surface area contributed by atoms with Crippen LogP contribution in [-0.2, 0) is 16.1 Å². The number of ether oxygens (including phenoxy) is 2. The molecule has 7 unspecified atom stereocenters. The number of hydrogen-bond donors (Lipinski definition) is 0. The average Bonchev–Trinajstić information content (AvgIpc) is 3.44. The van der Waals surface area contributed by atoms with Crippen LogP contribution in [0, 0.1) is 46.3 Å². The van der Waals surface area contributed by atoms with E-state index in [1.165, 1.54) is 51.4 Å². The highest BCUT2D eigenvalue weighted by atomic mass is 16.5. The zero-order valence-electron chi connectivity index (χ0n) is 22.7. The molecule has 2 aromatic rings. The Kier molecular flexibility index (Phi) is 6.21. The number of hydrogen-bond acceptors (Lipinski definition) is 4. The molecular weight excluding hydrogens is 448 g/mol. The van der Waals surface area contributed by atoms with Crippen molar-refractivity contribution in [1.29, 1.82) is 0 Å². The summed E-state index contributed by atoms with van der Waals surface area (Å²) in [6.07, 6.45) is 13.5. The molecule has 36 heavy (non-hydrogen) atoms. The molecule has 1 heterocycles. The van der Waals surface area contributed by atoms with Crippen LogP contribution in [0.25, 0.3) is 10.9 Å². The molecule has 5 nitrogen and oxygen atoms in total. The summed E-state index contributed by atoms with van der Waals surface area (Å²) in [6, 6.07) is 5.90. The average molecular weight is 493 g/mol. The van der Waals surface area contributed by atoms with Crippen molar-refractivity contribution in [3.05, 3.63) is 24.4 Å². The van der Waals surface area contributed by atoms with Crippen molar-refractivity contribution in [2.45, 2.75) is 78.2 Å². The van der Waals surface area contributed by atoms with Crippen LogP contribution in [0.15, 0.2) is 24.4 Å². The Bertz CT molecular complexity index is 1130. The van der Waals surface area contributed by atoms with Crippen molar-refractivity contribution in [3.63, 3.8) is 0 Å². The van der Waals surface area contributed by atoms with Gasteiger partial charge in [-0.05, 0) is 104 Å². The van der Waals surface area contributed by atoms with Crippen LogP contribution in [0.3, 0.4) is 0 Å². The van der Waals surface area contributed by atoms with Gasteiger partial charge in [0.25, 0.3) is 0 Å². The fourth-order valence-electron chi connectivity index (χ4n) is 9.94. The third-order valence-corrected chi connectivity index (χ3v) is 11.5. The fourth-order valence-corrected chi connectivity index (χ4v) is 9.94. The number of methoxy groups -OCH3 is 2. The van der Waals surface area contributed by atoms with Gasteiger partial charge < -0.3 is 9.47 Å². The van der Waals surface area contributed by atoms with Gasteiger partial charge in [-0.3, -0.25) is 9.48 Å². The Labute approximate surface area is 216 Å². The van der Waals surface area contributed by atoms with Crippen LogP contribution >= 0.6 is 0 Å². The number of Topliss-reactive ketones (excluding diaryl/α,β-unsaturated/α-hetero) is 1. The zero-order valence-corrected chi connectivity index (χ0v) is 22.7. The maximum absolute atomic E-state index is 13.8. The van der Waals surface area contributed by atoms with E-state index in [1.807, 2.05) is 36.2 Å². The summed E-state index contributed by atoms with van der Waals surface area (Å²) in [6.45, 7) is 6.22. The van der Waals surface area contributed by atoms with Crippen LogP contribution in [0.5, 0.6) is 5.75 Å². The summed E-state index contributed by atoms with van der Waals surface area (Å²) in [5.74, 6) is 5.25. The summed E-state index contributed by atoms with van der Waals surface area (Å²) >= 11 is 0. The van der Waals surface area contributed by atoms with Crippen molar-refractivity contribution in [2.75, 3.05) is 20.8 Å². The third kappa shape index (κ3) is 3.67. The maximum Gasteiger partial charge on any atom is 0.157 e. The summed E-state index contributed by atoms with van der Waals surface area (Å²) in [4.78, 5) is 13.8. The third-order valence-electron chi connectivity index (χ3n) is 11.5. The number of fused-ring (bicyclic) bond motifs is 6. The van der Waals surface area contributed by atoms with Crippen molar-refractivity contribution in [1.82, 2.24) is 9.78 Å². The second-order valence-corrected chi connectivity index (χ2v) is 13.1. The van der Waals surface area contributed by atoms with E-state index in [2.05, 4.69) is 13.8 Å². The van der Waals surface area contributed by atoms with E-state index in [9.17, 15) is 4.79 Å². The number of carbonyl (C=O) groups excluding carboxylic acids is 1. The number of carbonyl (C=O) groups is 1. The van der Waals surface area contributed by atoms with Crippen molar-refractivity contribution >= 4 is 16.7 Å². The molecule has 0 aliphatic heterocycles. The van der Waals surface area contributed by atoms with Gasteiger partial charge in [0.05, 0.1) is 31.2 Å². The van der Waals surface area contributed by atoms with Crippen LogP contribution in [0.1, 0.15) is 71.6 Å². The van der Waals surface area contributed by atoms with E-state index < -0.39 is 0 Å². The quantitative estimate of drug-likeness (QED) is 0.460. The van der Waals surface area contributed by atoms with E-state index in [0.717, 1.165) is 53.4 Å². The van der Waals surface area contributed by atoms with E-state index in [-0.39, 0.29) is 11.3 Å². The molecule has 1 aromatic heterocycles. The molecule has 0 amide bonds. The molecule has 4 saturated carbocycles. The highest BCUT2D eigenvalue weighted by Crippen LogP contribution is 2.68. The maximum atomic E-state index is 13.8. The molecule has 1 aromatic carbocycles. The minimum Gasteiger partial charge on any atom is -0.496 e. The van der Waals surface area contributed by atoms with Crippen molar-refractivity contribution in [3.8, 4) is 5.75 Å². The van der Waals surface area contributed by atoms with E-state index in [1.54, 1.807) is 7.11 Å². The van der Waals surface area contributed by atoms with Crippen LogP contribution < -0.4 is 4.74 Å². The topological polar surface area (TPSA) is 53.4 Å². The summed E-state index contributed by atoms with van der Waals surface area (Å²) < 4.78 is 13.3. The first-order chi connectivity index (χ1) is 17.4. The van der Waals surface area contributed by atoms with Crippen molar-refractivity contribution in [2.24, 2.45) is 46.3 Å². The molecule has 0 bridgehead atoms. The van der Waals surface area contributed by atoms with Crippen molar-refractivity contribution < 1.29 is 14.3 Å². The van der Waals surface area contributed by atoms with Gasteiger partial charge in [-0.25, -0.2) is 0 Å². The van der Waals surface area contributed by atoms with E-state index in [4.69, 9.17) is 14.6 Å². The lowest BCUT2D eigenvalue weighted by molar-refractivity contribution is -0.154. The summed E-state index contributed by atoms with van der Waals surface area (Å²) in [7, 11) is 3.60. The Morgan fingerprint density at radius 3 is 2.75 bits per heavy atom. The fraction of sp³-hybridized carbons (Fsp3) is 0.742. The largest absolute Gasteiger partial charge is 0.496 e. The second-order valence-electron chi connectivity index (χ2n) is 13.1. The Hall–Kier alpha value is -1.88. The number of rotatable bonds is 6. The molecular formula is C31H44N2O3. The first-order valence-corrected chi connectivity index (χ1v) is 14.4. The smallest absolute Gasteiger partial charge is 0.157 e. The van der Waals surface area contributed by atoms with Crippen LogP contribution in [0.2, 0.25) is 0 Å². The lowest BCUT2D eigenvalue weighted by atomic mass is 9.44. The molecule has 8 atom stereocenters. The van der Waals surface area contributed by atoms with Gasteiger partial charge in [0.2, 0.25) is 0 Å². The van der Waals surface area contributed by atoms with Crippen LogP contribution in [0.4, 0.5) is 0 Å². The summed E-state index contributed by atoms with van der Waals surface area (Å²) in [5, 5.41) is 5.69. The predicted octanol–water partition coefficient (Wildman–Crippen LogP) is 6.54. The Balaban J connectivity index is 1.22. The molecule has 0 spiro atoms. The Morgan fingerprint density at radius 2 is 1.94 bits per heavy atom. The molecule has 6 rings (SSSR count).